The van der Waals surface area contributed by atoms with Crippen LogP contribution in [-0.2, 0) is 4.79 Å². The fourth-order valence-electron chi connectivity index (χ4n) is 1.38. The minimum Gasteiger partial charge on any atom is -0.343 e. The summed E-state index contributed by atoms with van der Waals surface area (Å²) in [6.07, 6.45) is 2.02. The van der Waals surface area contributed by atoms with Crippen molar-refractivity contribution >= 4 is 30.1 Å². The molecule has 1 atom stereocenters. The molecule has 17 heavy (non-hydrogen) atoms. The molecule has 0 saturated carbocycles. The Morgan fingerprint density at radius 3 is 2.53 bits per heavy atom. The van der Waals surface area contributed by atoms with Crippen molar-refractivity contribution in [2.45, 2.75) is 6.04 Å². The lowest BCUT2D eigenvalue weighted by atomic mass is 10.1. The zero-order valence-electron chi connectivity index (χ0n) is 10.1. The molecule has 0 bridgehead atoms. The van der Waals surface area contributed by atoms with Crippen LogP contribution in [0.25, 0.3) is 0 Å². The van der Waals surface area contributed by atoms with Crippen LogP contribution in [0, 0.1) is 0 Å². The van der Waals surface area contributed by atoms with Gasteiger partial charge in [-0.2, -0.15) is 11.8 Å². The Hall–Kier alpha value is -0.710. The minimum absolute atomic E-state index is 0. The van der Waals surface area contributed by atoms with E-state index < -0.39 is 6.04 Å². The summed E-state index contributed by atoms with van der Waals surface area (Å²) in [5.41, 5.74) is 6.78. The number of rotatable bonds is 5. The molecule has 1 rings (SSSR count). The van der Waals surface area contributed by atoms with Gasteiger partial charge in [-0.15, -0.1) is 12.4 Å². The second kappa shape index (κ2) is 8.39. The second-order valence-electron chi connectivity index (χ2n) is 3.64. The van der Waals surface area contributed by atoms with Crippen molar-refractivity contribution < 1.29 is 4.79 Å². The van der Waals surface area contributed by atoms with Crippen molar-refractivity contribution in [3.05, 3.63) is 35.9 Å². The van der Waals surface area contributed by atoms with Crippen LogP contribution in [0.15, 0.2) is 30.3 Å². The fourth-order valence-corrected chi connectivity index (χ4v) is 1.84. The maximum absolute atomic E-state index is 11.9. The van der Waals surface area contributed by atoms with Gasteiger partial charge in [0.15, 0.2) is 0 Å². The molecule has 1 aromatic rings. The number of carbonyl (C=O) groups excluding carboxylic acids is 1. The molecule has 0 aromatic heterocycles. The summed E-state index contributed by atoms with van der Waals surface area (Å²) < 4.78 is 0. The van der Waals surface area contributed by atoms with Crippen molar-refractivity contribution in [3.8, 4) is 0 Å². The number of amides is 1. The Bertz CT molecular complexity index is 335. The molecule has 0 aliphatic carbocycles. The van der Waals surface area contributed by atoms with Crippen LogP contribution in [0.4, 0.5) is 0 Å². The molecule has 0 radical (unpaired) electrons. The fraction of sp³-hybridized carbons (Fsp3) is 0.417. The number of thioether (sulfide) groups is 1. The Balaban J connectivity index is 0.00000256. The monoisotopic (exact) mass is 274 g/mol. The number of nitrogens with two attached hydrogens (primary N) is 1. The van der Waals surface area contributed by atoms with Crippen LogP contribution in [0.5, 0.6) is 0 Å². The normalized spacial score (nSPS) is 11.5. The van der Waals surface area contributed by atoms with Crippen LogP contribution in [0.3, 0.4) is 0 Å². The van der Waals surface area contributed by atoms with Crippen LogP contribution in [-0.4, -0.2) is 36.4 Å². The SMILES string of the molecule is CSCCN(C)C(=O)C(N)c1ccccc1.Cl. The van der Waals surface area contributed by atoms with Gasteiger partial charge < -0.3 is 10.6 Å². The molecular weight excluding hydrogens is 256 g/mol. The largest absolute Gasteiger partial charge is 0.343 e. The highest BCUT2D eigenvalue weighted by atomic mass is 35.5. The summed E-state index contributed by atoms with van der Waals surface area (Å²) in [6, 6.07) is 8.91. The average Bonchev–Trinajstić information content (AvgIpc) is 2.35. The van der Waals surface area contributed by atoms with Gasteiger partial charge in [-0.3, -0.25) is 4.79 Å². The highest BCUT2D eigenvalue weighted by Gasteiger charge is 2.18. The van der Waals surface area contributed by atoms with Gasteiger partial charge in [-0.05, 0) is 11.8 Å². The summed E-state index contributed by atoms with van der Waals surface area (Å²) in [5.74, 6) is 0.907. The average molecular weight is 275 g/mol. The minimum atomic E-state index is -0.548. The highest BCUT2D eigenvalue weighted by Crippen LogP contribution is 2.12. The number of halogens is 1. The van der Waals surface area contributed by atoms with E-state index >= 15 is 0 Å². The first-order valence-corrected chi connectivity index (χ1v) is 6.60. The first-order valence-electron chi connectivity index (χ1n) is 5.21. The Morgan fingerprint density at radius 1 is 1.41 bits per heavy atom. The van der Waals surface area contributed by atoms with E-state index in [-0.39, 0.29) is 18.3 Å². The van der Waals surface area contributed by atoms with E-state index in [2.05, 4.69) is 0 Å². The Labute approximate surface area is 113 Å². The molecule has 3 nitrogen and oxygen atoms in total. The second-order valence-corrected chi connectivity index (χ2v) is 4.63. The smallest absolute Gasteiger partial charge is 0.243 e. The first kappa shape index (κ1) is 16.3. The third kappa shape index (κ3) is 4.98. The number of likely N-dealkylation sites (N-methyl/N-ethyl adjacent to an activating group) is 1. The lowest BCUT2D eigenvalue weighted by molar-refractivity contribution is -0.131. The van der Waals surface area contributed by atoms with Gasteiger partial charge >= 0.3 is 0 Å². The third-order valence-corrected chi connectivity index (χ3v) is 3.02. The van der Waals surface area contributed by atoms with E-state index in [1.165, 1.54) is 0 Å². The van der Waals surface area contributed by atoms with Crippen molar-refractivity contribution in [2.75, 3.05) is 25.6 Å². The molecule has 0 saturated heterocycles. The van der Waals surface area contributed by atoms with Gasteiger partial charge in [-0.1, -0.05) is 30.3 Å². The molecule has 1 aromatic carbocycles. The third-order valence-electron chi connectivity index (χ3n) is 2.43. The Kier molecular flexibility index (Phi) is 8.04. The predicted molar refractivity (Wildman–Crippen MR) is 76.6 cm³/mol. The molecule has 96 valence electrons. The van der Waals surface area contributed by atoms with Crippen LogP contribution >= 0.6 is 24.2 Å². The van der Waals surface area contributed by atoms with Gasteiger partial charge in [0.1, 0.15) is 6.04 Å². The number of hydrogen-bond donors (Lipinski definition) is 1. The Morgan fingerprint density at radius 2 is 2.00 bits per heavy atom. The zero-order chi connectivity index (χ0) is 12.0. The number of hydrogen-bond acceptors (Lipinski definition) is 3. The number of carbonyl (C=O) groups is 1. The number of nitrogens with zero attached hydrogens (tertiary/aromatic N) is 1. The highest BCUT2D eigenvalue weighted by molar-refractivity contribution is 7.98. The van der Waals surface area contributed by atoms with Crippen molar-refractivity contribution in [1.82, 2.24) is 4.90 Å². The summed E-state index contributed by atoms with van der Waals surface area (Å²) in [6.45, 7) is 0.737. The summed E-state index contributed by atoms with van der Waals surface area (Å²) in [5, 5.41) is 0. The molecule has 0 spiro atoms. The van der Waals surface area contributed by atoms with Crippen molar-refractivity contribution in [2.24, 2.45) is 5.73 Å². The molecule has 1 amide bonds. The predicted octanol–water partition coefficient (Wildman–Crippen LogP) is 1.93. The van der Waals surface area contributed by atoms with Crippen LogP contribution in [0.1, 0.15) is 11.6 Å². The molecule has 2 N–H and O–H groups in total. The van der Waals surface area contributed by atoms with Crippen LogP contribution < -0.4 is 5.73 Å². The van der Waals surface area contributed by atoms with E-state index in [4.69, 9.17) is 5.73 Å². The molecule has 0 aliphatic heterocycles. The summed E-state index contributed by atoms with van der Waals surface area (Å²) in [4.78, 5) is 13.6. The molecule has 0 heterocycles. The van der Waals surface area contributed by atoms with Gasteiger partial charge in [0.05, 0.1) is 0 Å². The summed E-state index contributed by atoms with van der Waals surface area (Å²) in [7, 11) is 1.79. The zero-order valence-corrected chi connectivity index (χ0v) is 11.8. The van der Waals surface area contributed by atoms with E-state index in [1.54, 1.807) is 23.7 Å². The molecule has 0 fully saturated rings. The van der Waals surface area contributed by atoms with Gasteiger partial charge in [0.25, 0.3) is 0 Å². The van der Waals surface area contributed by atoms with Gasteiger partial charge in [0.2, 0.25) is 5.91 Å². The summed E-state index contributed by atoms with van der Waals surface area (Å²) >= 11 is 1.72. The standard InChI is InChI=1S/C12H18N2OS.ClH/c1-14(8-9-16-2)12(15)11(13)10-6-4-3-5-7-10;/h3-7,11H,8-9,13H2,1-2H3;1H. The maximum Gasteiger partial charge on any atom is 0.243 e. The van der Waals surface area contributed by atoms with E-state index in [1.807, 2.05) is 36.6 Å². The number of benzene rings is 1. The van der Waals surface area contributed by atoms with Gasteiger partial charge in [0, 0.05) is 19.3 Å². The van der Waals surface area contributed by atoms with Crippen molar-refractivity contribution in [1.29, 1.82) is 0 Å². The lowest BCUT2D eigenvalue weighted by Gasteiger charge is -2.21. The molecule has 5 heteroatoms. The van der Waals surface area contributed by atoms with E-state index in [9.17, 15) is 4.79 Å². The first-order chi connectivity index (χ1) is 7.66. The van der Waals surface area contributed by atoms with Crippen molar-refractivity contribution in [3.63, 3.8) is 0 Å². The lowest BCUT2D eigenvalue weighted by Crippen LogP contribution is -2.37. The quantitative estimate of drug-likeness (QED) is 0.892. The van der Waals surface area contributed by atoms with Gasteiger partial charge in [-0.25, -0.2) is 0 Å². The molecule has 1 unspecified atom stereocenters. The topological polar surface area (TPSA) is 46.3 Å². The van der Waals surface area contributed by atoms with Crippen LogP contribution in [0.2, 0.25) is 0 Å². The maximum atomic E-state index is 11.9. The van der Waals surface area contributed by atoms with E-state index in [0.717, 1.165) is 17.9 Å². The molecular formula is C12H19ClN2OS. The molecule has 0 aliphatic rings. The van der Waals surface area contributed by atoms with E-state index in [0.29, 0.717) is 0 Å².